The molecule has 1 aliphatic rings. The van der Waals surface area contributed by atoms with E-state index in [1.165, 1.54) is 25.9 Å². The predicted octanol–water partition coefficient (Wildman–Crippen LogP) is 2.53. The van der Waals surface area contributed by atoms with Gasteiger partial charge in [-0.1, -0.05) is 25.1 Å². The molecule has 100 valence electrons. The third-order valence-electron chi connectivity index (χ3n) is 3.94. The van der Waals surface area contributed by atoms with Crippen molar-refractivity contribution in [2.24, 2.45) is 0 Å². The largest absolute Gasteiger partial charge is 0.380 e. The molecule has 2 heterocycles. The van der Waals surface area contributed by atoms with Crippen LogP contribution in [-0.4, -0.2) is 40.8 Å². The lowest BCUT2D eigenvalue weighted by atomic mass is 10.0. The van der Waals surface area contributed by atoms with Gasteiger partial charge in [-0.3, -0.25) is 0 Å². The SMILES string of the molecule is CCN1CCC(Nc2cnnc3ccccc23)CC1. The smallest absolute Gasteiger partial charge is 0.0950 e. The molecule has 19 heavy (non-hydrogen) atoms. The van der Waals surface area contributed by atoms with E-state index in [0.29, 0.717) is 6.04 Å². The highest BCUT2D eigenvalue weighted by atomic mass is 15.1. The molecule has 4 nitrogen and oxygen atoms in total. The number of aromatic nitrogens is 2. The predicted molar refractivity (Wildman–Crippen MR) is 78.3 cm³/mol. The van der Waals surface area contributed by atoms with E-state index in [4.69, 9.17) is 0 Å². The summed E-state index contributed by atoms with van der Waals surface area (Å²) in [6.07, 6.45) is 4.24. The first-order valence-corrected chi connectivity index (χ1v) is 7.06. The highest BCUT2D eigenvalue weighted by molar-refractivity contribution is 5.90. The van der Waals surface area contributed by atoms with E-state index >= 15 is 0 Å². The molecule has 0 spiro atoms. The van der Waals surface area contributed by atoms with Gasteiger partial charge in [-0.15, -0.1) is 0 Å². The molecule has 0 saturated carbocycles. The van der Waals surface area contributed by atoms with Gasteiger partial charge >= 0.3 is 0 Å². The van der Waals surface area contributed by atoms with Crippen LogP contribution in [0.25, 0.3) is 10.9 Å². The van der Waals surface area contributed by atoms with Gasteiger partial charge in [0.1, 0.15) is 0 Å². The molecule has 0 aliphatic carbocycles. The lowest BCUT2D eigenvalue weighted by Gasteiger charge is -2.32. The summed E-state index contributed by atoms with van der Waals surface area (Å²) in [7, 11) is 0. The van der Waals surface area contributed by atoms with Crippen LogP contribution < -0.4 is 5.32 Å². The monoisotopic (exact) mass is 256 g/mol. The number of fused-ring (bicyclic) bond motifs is 1. The number of benzene rings is 1. The van der Waals surface area contributed by atoms with Crippen molar-refractivity contribution in [2.45, 2.75) is 25.8 Å². The fourth-order valence-electron chi connectivity index (χ4n) is 2.74. The van der Waals surface area contributed by atoms with Crippen molar-refractivity contribution in [3.05, 3.63) is 30.5 Å². The summed E-state index contributed by atoms with van der Waals surface area (Å²) in [5, 5.41) is 13.1. The summed E-state index contributed by atoms with van der Waals surface area (Å²) in [4.78, 5) is 2.50. The summed E-state index contributed by atoms with van der Waals surface area (Å²) < 4.78 is 0. The van der Waals surface area contributed by atoms with Crippen molar-refractivity contribution in [3.8, 4) is 0 Å². The van der Waals surface area contributed by atoms with Gasteiger partial charge in [0.2, 0.25) is 0 Å². The zero-order valence-electron chi connectivity index (χ0n) is 11.3. The van der Waals surface area contributed by atoms with Gasteiger partial charge in [0.15, 0.2) is 0 Å². The van der Waals surface area contributed by atoms with Crippen LogP contribution in [-0.2, 0) is 0 Å². The first-order valence-electron chi connectivity index (χ1n) is 7.06. The van der Waals surface area contributed by atoms with Gasteiger partial charge in [-0.2, -0.15) is 10.2 Å². The van der Waals surface area contributed by atoms with E-state index in [1.54, 1.807) is 0 Å². The molecule has 1 N–H and O–H groups in total. The van der Waals surface area contributed by atoms with Crippen molar-refractivity contribution in [1.29, 1.82) is 0 Å². The summed E-state index contributed by atoms with van der Waals surface area (Å²) >= 11 is 0. The molecular weight excluding hydrogens is 236 g/mol. The number of anilines is 1. The molecule has 1 fully saturated rings. The maximum Gasteiger partial charge on any atom is 0.0950 e. The second-order valence-electron chi connectivity index (χ2n) is 5.13. The average Bonchev–Trinajstić information content (AvgIpc) is 2.48. The van der Waals surface area contributed by atoms with Gasteiger partial charge in [0.05, 0.1) is 17.4 Å². The molecule has 1 aromatic carbocycles. The zero-order chi connectivity index (χ0) is 13.1. The van der Waals surface area contributed by atoms with Crippen molar-refractivity contribution >= 4 is 16.6 Å². The minimum atomic E-state index is 0.551. The Balaban J connectivity index is 1.75. The van der Waals surface area contributed by atoms with Crippen LogP contribution in [0, 0.1) is 0 Å². The Hall–Kier alpha value is -1.68. The highest BCUT2D eigenvalue weighted by Gasteiger charge is 2.18. The van der Waals surface area contributed by atoms with Crippen LogP contribution in [0.2, 0.25) is 0 Å². The van der Waals surface area contributed by atoms with Gasteiger partial charge < -0.3 is 10.2 Å². The molecule has 1 aliphatic heterocycles. The van der Waals surface area contributed by atoms with Gasteiger partial charge in [0, 0.05) is 24.5 Å². The standard InChI is InChI=1S/C15H20N4/c1-2-19-9-7-12(8-10-19)17-15-11-16-18-14-6-4-3-5-13(14)15/h3-6,11-12H,2,7-10H2,1H3,(H,17,18). The number of piperidine rings is 1. The summed E-state index contributed by atoms with van der Waals surface area (Å²) in [6.45, 7) is 5.76. The van der Waals surface area contributed by atoms with Crippen LogP contribution in [0.4, 0.5) is 5.69 Å². The quantitative estimate of drug-likeness (QED) is 0.916. The second-order valence-corrected chi connectivity index (χ2v) is 5.13. The summed E-state index contributed by atoms with van der Waals surface area (Å²) in [6, 6.07) is 8.71. The van der Waals surface area contributed by atoms with Gasteiger partial charge in [0.25, 0.3) is 0 Å². The van der Waals surface area contributed by atoms with E-state index < -0.39 is 0 Å². The molecule has 0 atom stereocenters. The minimum absolute atomic E-state index is 0.551. The molecule has 0 bridgehead atoms. The lowest BCUT2D eigenvalue weighted by Crippen LogP contribution is -2.38. The Morgan fingerprint density at radius 1 is 1.26 bits per heavy atom. The first kappa shape index (κ1) is 12.4. The maximum atomic E-state index is 4.16. The van der Waals surface area contributed by atoms with Crippen molar-refractivity contribution in [1.82, 2.24) is 15.1 Å². The topological polar surface area (TPSA) is 41.0 Å². The van der Waals surface area contributed by atoms with Crippen LogP contribution in [0.15, 0.2) is 30.5 Å². The number of hydrogen-bond acceptors (Lipinski definition) is 4. The number of nitrogens with one attached hydrogen (secondary N) is 1. The van der Waals surface area contributed by atoms with E-state index in [2.05, 4.69) is 39.5 Å². The second kappa shape index (κ2) is 5.53. The Kier molecular flexibility index (Phi) is 3.60. The van der Waals surface area contributed by atoms with Crippen molar-refractivity contribution < 1.29 is 0 Å². The Morgan fingerprint density at radius 3 is 2.84 bits per heavy atom. The van der Waals surface area contributed by atoms with Crippen LogP contribution in [0.1, 0.15) is 19.8 Å². The number of hydrogen-bond donors (Lipinski definition) is 1. The molecule has 0 unspecified atom stereocenters. The molecular formula is C15H20N4. The van der Waals surface area contributed by atoms with E-state index in [9.17, 15) is 0 Å². The van der Waals surface area contributed by atoms with Crippen molar-refractivity contribution in [2.75, 3.05) is 25.0 Å². The highest BCUT2D eigenvalue weighted by Crippen LogP contribution is 2.23. The molecule has 1 saturated heterocycles. The van der Waals surface area contributed by atoms with Crippen LogP contribution in [0.3, 0.4) is 0 Å². The van der Waals surface area contributed by atoms with E-state index in [-0.39, 0.29) is 0 Å². The zero-order valence-corrected chi connectivity index (χ0v) is 11.3. The molecule has 2 aromatic rings. The van der Waals surface area contributed by atoms with E-state index in [0.717, 1.165) is 23.1 Å². The Bertz CT molecular complexity index is 541. The molecule has 3 rings (SSSR count). The summed E-state index contributed by atoms with van der Waals surface area (Å²) in [5.74, 6) is 0. The maximum absolute atomic E-state index is 4.16. The lowest BCUT2D eigenvalue weighted by molar-refractivity contribution is 0.229. The van der Waals surface area contributed by atoms with Gasteiger partial charge in [-0.25, -0.2) is 0 Å². The molecule has 0 amide bonds. The molecule has 1 aromatic heterocycles. The molecule has 0 radical (unpaired) electrons. The van der Waals surface area contributed by atoms with Crippen LogP contribution >= 0.6 is 0 Å². The molecule has 4 heteroatoms. The van der Waals surface area contributed by atoms with Crippen LogP contribution in [0.5, 0.6) is 0 Å². The normalized spacial score (nSPS) is 17.7. The number of likely N-dealkylation sites (tertiary alicyclic amines) is 1. The third-order valence-corrected chi connectivity index (χ3v) is 3.94. The first-order chi connectivity index (χ1) is 9.36. The van der Waals surface area contributed by atoms with E-state index in [1.807, 2.05) is 18.3 Å². The van der Waals surface area contributed by atoms with Crippen molar-refractivity contribution in [3.63, 3.8) is 0 Å². The fourth-order valence-corrected chi connectivity index (χ4v) is 2.74. The Labute approximate surface area is 113 Å². The third kappa shape index (κ3) is 2.68. The van der Waals surface area contributed by atoms with Gasteiger partial charge in [-0.05, 0) is 25.5 Å². The number of rotatable bonds is 3. The fraction of sp³-hybridized carbons (Fsp3) is 0.467. The average molecular weight is 256 g/mol. The minimum Gasteiger partial charge on any atom is -0.380 e. The summed E-state index contributed by atoms with van der Waals surface area (Å²) in [5.41, 5.74) is 2.07. The Morgan fingerprint density at radius 2 is 2.05 bits per heavy atom. The number of nitrogens with zero attached hydrogens (tertiary/aromatic N) is 3.